The van der Waals surface area contributed by atoms with Gasteiger partial charge in [0.2, 0.25) is 15.9 Å². The lowest BCUT2D eigenvalue weighted by atomic mass is 9.42. The van der Waals surface area contributed by atoms with E-state index in [1.165, 1.54) is 6.07 Å². The van der Waals surface area contributed by atoms with Crippen LogP contribution in [0.4, 0.5) is 0 Å². The van der Waals surface area contributed by atoms with E-state index in [-0.39, 0.29) is 38.5 Å². The summed E-state index contributed by atoms with van der Waals surface area (Å²) >= 11 is 6.16. The van der Waals surface area contributed by atoms with E-state index >= 15 is 0 Å². The highest BCUT2D eigenvalue weighted by molar-refractivity contribution is 7.89. The average Bonchev–Trinajstić information content (AvgIpc) is 2.69. The number of amides is 1. The molecule has 1 amide bonds. The molecule has 2 atom stereocenters. The fourth-order valence-electron chi connectivity index (χ4n) is 7.79. The second-order valence-electron chi connectivity index (χ2n) is 11.9. The van der Waals surface area contributed by atoms with Crippen molar-refractivity contribution in [1.82, 2.24) is 10.0 Å². The summed E-state index contributed by atoms with van der Waals surface area (Å²) < 4.78 is 29.1. The van der Waals surface area contributed by atoms with Crippen LogP contribution in [0.3, 0.4) is 0 Å². The maximum atomic E-state index is 13.8. The van der Waals surface area contributed by atoms with E-state index < -0.39 is 15.6 Å². The number of carbonyl (C=O) groups is 2. The minimum Gasteiger partial charge on any atom is -0.353 e. The summed E-state index contributed by atoms with van der Waals surface area (Å²) in [7, 11) is -3.93. The van der Waals surface area contributed by atoms with Crippen molar-refractivity contribution >= 4 is 33.3 Å². The third kappa shape index (κ3) is 4.11. The van der Waals surface area contributed by atoms with Gasteiger partial charge >= 0.3 is 0 Å². The first-order valence-corrected chi connectivity index (χ1v) is 14.5. The van der Waals surface area contributed by atoms with Crippen LogP contribution in [0.1, 0.15) is 78.1 Å². The summed E-state index contributed by atoms with van der Waals surface area (Å²) in [5, 5.41) is 3.30. The van der Waals surface area contributed by atoms with Crippen molar-refractivity contribution in [2.75, 3.05) is 0 Å². The van der Waals surface area contributed by atoms with Gasteiger partial charge in [-0.15, -0.1) is 0 Å². The summed E-state index contributed by atoms with van der Waals surface area (Å²) in [5.74, 6) is 1.08. The smallest absolute Gasteiger partial charge is 0.242 e. The van der Waals surface area contributed by atoms with Crippen molar-refractivity contribution in [3.05, 3.63) is 29.3 Å². The highest BCUT2D eigenvalue weighted by atomic mass is 35.5. The predicted octanol–water partition coefficient (Wildman–Crippen LogP) is 4.61. The fourth-order valence-corrected chi connectivity index (χ4v) is 9.76. The van der Waals surface area contributed by atoms with Gasteiger partial charge in [-0.2, -0.15) is 4.72 Å². The maximum Gasteiger partial charge on any atom is 0.242 e. The molecule has 6 nitrogen and oxygen atoms in total. The van der Waals surface area contributed by atoms with Crippen molar-refractivity contribution in [3.8, 4) is 0 Å². The molecule has 186 valence electrons. The Morgan fingerprint density at radius 3 is 2.29 bits per heavy atom. The zero-order valence-electron chi connectivity index (χ0n) is 20.0. The van der Waals surface area contributed by atoms with Gasteiger partial charge in [-0.05, 0) is 101 Å². The van der Waals surface area contributed by atoms with E-state index in [0.717, 1.165) is 44.9 Å². The quantitative estimate of drug-likeness (QED) is 0.538. The molecule has 1 aromatic carbocycles. The lowest BCUT2D eigenvalue weighted by Gasteiger charge is -2.62. The molecule has 4 bridgehead atoms. The second-order valence-corrected chi connectivity index (χ2v) is 14.0. The van der Waals surface area contributed by atoms with Gasteiger partial charge in [-0.3, -0.25) is 9.59 Å². The molecule has 2 N–H and O–H groups in total. The second kappa shape index (κ2) is 8.31. The van der Waals surface area contributed by atoms with Crippen LogP contribution in [-0.2, 0) is 19.6 Å². The highest BCUT2D eigenvalue weighted by Crippen LogP contribution is 2.66. The first-order chi connectivity index (χ1) is 16.0. The van der Waals surface area contributed by atoms with Gasteiger partial charge in [0.05, 0.1) is 16.0 Å². The minimum atomic E-state index is -3.93. The van der Waals surface area contributed by atoms with Gasteiger partial charge in [0.25, 0.3) is 0 Å². The summed E-state index contributed by atoms with van der Waals surface area (Å²) in [6, 6.07) is 6.42. The lowest BCUT2D eigenvalue weighted by molar-refractivity contribution is -0.162. The Kier molecular flexibility index (Phi) is 5.93. The number of hydrogen-bond acceptors (Lipinski definition) is 4. The van der Waals surface area contributed by atoms with Crippen LogP contribution in [0.5, 0.6) is 0 Å². The van der Waals surface area contributed by atoms with Gasteiger partial charge in [0, 0.05) is 12.5 Å². The van der Waals surface area contributed by atoms with Crippen molar-refractivity contribution in [2.24, 2.45) is 22.7 Å². The molecule has 2 unspecified atom stereocenters. The van der Waals surface area contributed by atoms with Gasteiger partial charge in [-0.25, -0.2) is 8.42 Å². The standard InChI is InChI=1S/C26H35ClN2O4S/c1-17(2)28-23(31)25-13-18-10-19(14-25)12-24(11-18,16-25)15-22(30)26(8-5-9-26)29-34(32,33)21-7-4-3-6-20(21)27/h3-4,6-7,17-19,29H,5,8-16H2,1-2H3,(H,28,31). The largest absolute Gasteiger partial charge is 0.353 e. The van der Waals surface area contributed by atoms with Crippen LogP contribution >= 0.6 is 11.6 Å². The first-order valence-electron chi connectivity index (χ1n) is 12.6. The summed E-state index contributed by atoms with van der Waals surface area (Å²) in [5.41, 5.74) is -1.64. The molecule has 0 heterocycles. The summed E-state index contributed by atoms with van der Waals surface area (Å²) in [6.45, 7) is 3.98. The molecule has 6 rings (SSSR count). The normalized spacial score (nSPS) is 33.5. The molecule has 5 aliphatic carbocycles. The predicted molar refractivity (Wildman–Crippen MR) is 131 cm³/mol. The minimum absolute atomic E-state index is 0.00913. The van der Waals surface area contributed by atoms with Crippen LogP contribution in [0, 0.1) is 22.7 Å². The Bertz CT molecular complexity index is 1100. The molecule has 5 saturated carbocycles. The van der Waals surface area contributed by atoms with E-state index in [4.69, 9.17) is 11.6 Å². The SMILES string of the molecule is CC(C)NC(=O)C12CC3CC(CC(CC(=O)C4(NS(=O)(=O)c5ccccc5Cl)CCC4)(C3)C1)C2. The van der Waals surface area contributed by atoms with E-state index in [9.17, 15) is 18.0 Å². The number of halogens is 1. The van der Waals surface area contributed by atoms with Gasteiger partial charge in [0.15, 0.2) is 5.78 Å². The van der Waals surface area contributed by atoms with Crippen molar-refractivity contribution in [2.45, 2.75) is 94.5 Å². The molecule has 0 spiro atoms. The Morgan fingerprint density at radius 1 is 1.09 bits per heavy atom. The molecule has 0 saturated heterocycles. The van der Waals surface area contributed by atoms with E-state index in [1.54, 1.807) is 18.2 Å². The molecule has 34 heavy (non-hydrogen) atoms. The molecule has 0 radical (unpaired) electrons. The molecule has 8 heteroatoms. The number of Topliss-reactive ketones (excluding diaryl/α,β-unsaturated/α-hetero) is 1. The third-order valence-corrected chi connectivity index (χ3v) is 10.9. The number of sulfonamides is 1. The summed E-state index contributed by atoms with van der Waals surface area (Å²) in [6.07, 6.45) is 7.86. The number of benzene rings is 1. The van der Waals surface area contributed by atoms with Crippen molar-refractivity contribution < 1.29 is 18.0 Å². The molecule has 1 aromatic rings. The monoisotopic (exact) mass is 506 g/mol. The van der Waals surface area contributed by atoms with Gasteiger partial charge in [0.1, 0.15) is 4.90 Å². The van der Waals surface area contributed by atoms with Crippen LogP contribution in [0.2, 0.25) is 5.02 Å². The van der Waals surface area contributed by atoms with Crippen LogP contribution < -0.4 is 10.0 Å². The zero-order valence-corrected chi connectivity index (χ0v) is 21.6. The summed E-state index contributed by atoms with van der Waals surface area (Å²) in [4.78, 5) is 27.1. The Hall–Kier alpha value is -1.44. The number of nitrogens with one attached hydrogen (secondary N) is 2. The third-order valence-electron chi connectivity index (χ3n) is 8.82. The number of rotatable bonds is 8. The van der Waals surface area contributed by atoms with Crippen molar-refractivity contribution in [1.29, 1.82) is 0 Å². The first kappa shape index (κ1) is 24.3. The van der Waals surface area contributed by atoms with Crippen LogP contribution in [-0.4, -0.2) is 31.7 Å². The molecular formula is C26H35ClN2O4S. The molecule has 5 fully saturated rings. The Morgan fingerprint density at radius 2 is 1.74 bits per heavy atom. The Labute approximate surface area is 207 Å². The van der Waals surface area contributed by atoms with E-state index in [0.29, 0.717) is 31.1 Å². The topological polar surface area (TPSA) is 92.3 Å². The van der Waals surface area contributed by atoms with Crippen LogP contribution in [0.15, 0.2) is 29.2 Å². The molecule has 0 aliphatic heterocycles. The van der Waals surface area contributed by atoms with Gasteiger partial charge < -0.3 is 5.32 Å². The fraction of sp³-hybridized carbons (Fsp3) is 0.692. The Balaban J connectivity index is 1.38. The molecule has 0 aromatic heterocycles. The zero-order chi connectivity index (χ0) is 24.4. The molecule has 5 aliphatic rings. The van der Waals surface area contributed by atoms with Crippen LogP contribution in [0.25, 0.3) is 0 Å². The van der Waals surface area contributed by atoms with E-state index in [2.05, 4.69) is 10.0 Å². The lowest BCUT2D eigenvalue weighted by Crippen LogP contribution is -2.62. The number of hydrogen-bond donors (Lipinski definition) is 2. The van der Waals surface area contributed by atoms with E-state index in [1.807, 2.05) is 13.8 Å². The molecular weight excluding hydrogens is 472 g/mol. The van der Waals surface area contributed by atoms with Crippen molar-refractivity contribution in [3.63, 3.8) is 0 Å². The number of ketones is 1. The highest BCUT2D eigenvalue weighted by Gasteiger charge is 2.62. The van der Waals surface area contributed by atoms with Gasteiger partial charge in [-0.1, -0.05) is 23.7 Å². The maximum absolute atomic E-state index is 13.8. The average molecular weight is 507 g/mol. The number of carbonyl (C=O) groups excluding carboxylic acids is 2.